The summed E-state index contributed by atoms with van der Waals surface area (Å²) >= 11 is 0. The molecule has 104 valence electrons. The molecule has 0 aromatic heterocycles. The lowest BCUT2D eigenvalue weighted by Gasteiger charge is -2.24. The Balaban J connectivity index is 4.14. The minimum Gasteiger partial charge on any atom is -0.395 e. The molecule has 1 unspecified atom stereocenters. The van der Waals surface area contributed by atoms with Gasteiger partial charge in [0.15, 0.2) is 0 Å². The molecule has 0 bridgehead atoms. The molecule has 7 heteroatoms. The number of aliphatic hydroxyl groups excluding tert-OH is 2. The molecule has 0 aromatic rings. The topological polar surface area (TPSA) is 98.1 Å². The Labute approximate surface area is 103 Å². The first-order valence-electron chi connectivity index (χ1n) is 5.71. The summed E-state index contributed by atoms with van der Waals surface area (Å²) in [6, 6.07) is 0. The van der Waals surface area contributed by atoms with Gasteiger partial charge in [-0.1, -0.05) is 13.8 Å². The molecule has 0 amide bonds. The fourth-order valence-electron chi connectivity index (χ4n) is 1.47. The summed E-state index contributed by atoms with van der Waals surface area (Å²) in [4.78, 5) is 1.79. The van der Waals surface area contributed by atoms with E-state index < -0.39 is 22.0 Å². The van der Waals surface area contributed by atoms with E-state index in [1.54, 1.807) is 4.90 Å². The summed E-state index contributed by atoms with van der Waals surface area (Å²) in [6.07, 6.45) is -0.234. The first-order chi connectivity index (χ1) is 7.74. The van der Waals surface area contributed by atoms with E-state index in [-0.39, 0.29) is 13.2 Å². The van der Waals surface area contributed by atoms with Gasteiger partial charge in [0, 0.05) is 13.1 Å². The predicted octanol–water partition coefficient (Wildman–Crippen LogP) is -0.424. The average molecular weight is 269 g/mol. The lowest BCUT2D eigenvalue weighted by molar-refractivity contribution is 0.109. The maximum atomic E-state index is 10.6. The van der Waals surface area contributed by atoms with E-state index in [1.807, 2.05) is 0 Å². The van der Waals surface area contributed by atoms with Gasteiger partial charge in [0.2, 0.25) is 0 Å². The molecule has 0 aliphatic carbocycles. The number of hydrogen-bond acceptors (Lipinski definition) is 5. The molecular formula is C10H23NO5S. The SMILES string of the molecule is CC(C)CCN(CCO)CC(O)CS(=O)(=O)O. The average Bonchev–Trinajstić information content (AvgIpc) is 2.11. The summed E-state index contributed by atoms with van der Waals surface area (Å²) < 4.78 is 29.7. The number of nitrogens with zero attached hydrogens (tertiary/aromatic N) is 1. The molecule has 0 fully saturated rings. The summed E-state index contributed by atoms with van der Waals surface area (Å²) in [5.74, 6) is -0.175. The zero-order valence-corrected chi connectivity index (χ0v) is 11.2. The number of hydrogen-bond donors (Lipinski definition) is 3. The largest absolute Gasteiger partial charge is 0.395 e. The van der Waals surface area contributed by atoms with Gasteiger partial charge < -0.3 is 10.2 Å². The van der Waals surface area contributed by atoms with Crippen molar-refractivity contribution in [2.75, 3.05) is 32.0 Å². The van der Waals surface area contributed by atoms with E-state index >= 15 is 0 Å². The third-order valence-electron chi connectivity index (χ3n) is 2.31. The van der Waals surface area contributed by atoms with Crippen LogP contribution in [0.2, 0.25) is 0 Å². The molecule has 0 saturated heterocycles. The van der Waals surface area contributed by atoms with E-state index in [0.29, 0.717) is 19.0 Å². The molecule has 6 nitrogen and oxygen atoms in total. The van der Waals surface area contributed by atoms with Crippen LogP contribution in [0.4, 0.5) is 0 Å². The Bertz CT molecular complexity index is 291. The fraction of sp³-hybridized carbons (Fsp3) is 1.00. The Hall–Kier alpha value is -0.210. The van der Waals surface area contributed by atoms with Gasteiger partial charge in [-0.2, -0.15) is 8.42 Å². The molecule has 0 aliphatic heterocycles. The highest BCUT2D eigenvalue weighted by Crippen LogP contribution is 2.03. The standard InChI is InChI=1S/C10H23NO5S/c1-9(2)3-4-11(5-6-12)7-10(13)8-17(14,15)16/h9-10,12-13H,3-8H2,1-2H3,(H,14,15,16). The first-order valence-corrected chi connectivity index (χ1v) is 7.32. The Morgan fingerprint density at radius 1 is 1.24 bits per heavy atom. The maximum Gasteiger partial charge on any atom is 0.267 e. The summed E-state index contributed by atoms with van der Waals surface area (Å²) in [6.45, 7) is 5.28. The van der Waals surface area contributed by atoms with Crippen LogP contribution in [0.3, 0.4) is 0 Å². The van der Waals surface area contributed by atoms with Gasteiger partial charge in [-0.15, -0.1) is 0 Å². The van der Waals surface area contributed by atoms with Crippen molar-refractivity contribution in [2.45, 2.75) is 26.4 Å². The van der Waals surface area contributed by atoms with Gasteiger partial charge in [0.1, 0.15) is 5.75 Å². The van der Waals surface area contributed by atoms with E-state index in [9.17, 15) is 13.5 Å². The molecule has 3 N–H and O–H groups in total. The van der Waals surface area contributed by atoms with Crippen LogP contribution in [-0.4, -0.2) is 66.2 Å². The number of aliphatic hydroxyl groups is 2. The second-order valence-corrected chi connectivity index (χ2v) is 6.11. The van der Waals surface area contributed by atoms with Crippen LogP contribution < -0.4 is 0 Å². The van der Waals surface area contributed by atoms with Crippen molar-refractivity contribution < 1.29 is 23.2 Å². The Kier molecular flexibility index (Phi) is 7.89. The highest BCUT2D eigenvalue weighted by atomic mass is 32.2. The van der Waals surface area contributed by atoms with Crippen LogP contribution in [0, 0.1) is 5.92 Å². The van der Waals surface area contributed by atoms with Crippen molar-refractivity contribution in [3.8, 4) is 0 Å². The molecule has 0 rings (SSSR count). The summed E-state index contributed by atoms with van der Waals surface area (Å²) in [5, 5.41) is 18.3. The van der Waals surface area contributed by atoms with Crippen molar-refractivity contribution in [3.05, 3.63) is 0 Å². The van der Waals surface area contributed by atoms with Crippen molar-refractivity contribution in [3.63, 3.8) is 0 Å². The van der Waals surface area contributed by atoms with Gasteiger partial charge >= 0.3 is 0 Å². The second kappa shape index (κ2) is 7.99. The molecule has 1 atom stereocenters. The smallest absolute Gasteiger partial charge is 0.267 e. The Morgan fingerprint density at radius 2 is 1.82 bits per heavy atom. The summed E-state index contributed by atoms with van der Waals surface area (Å²) in [7, 11) is -4.15. The lowest BCUT2D eigenvalue weighted by Crippen LogP contribution is -2.38. The van der Waals surface area contributed by atoms with E-state index in [1.165, 1.54) is 0 Å². The second-order valence-electron chi connectivity index (χ2n) is 4.61. The van der Waals surface area contributed by atoms with Crippen LogP contribution >= 0.6 is 0 Å². The van der Waals surface area contributed by atoms with Crippen LogP contribution in [0.5, 0.6) is 0 Å². The van der Waals surface area contributed by atoms with E-state index in [4.69, 9.17) is 9.66 Å². The monoisotopic (exact) mass is 269 g/mol. The maximum absolute atomic E-state index is 10.6. The van der Waals surface area contributed by atoms with Gasteiger partial charge in [-0.3, -0.25) is 9.45 Å². The Morgan fingerprint density at radius 3 is 2.24 bits per heavy atom. The minimum atomic E-state index is -4.15. The third kappa shape index (κ3) is 10.7. The molecule has 0 spiro atoms. The lowest BCUT2D eigenvalue weighted by atomic mass is 10.1. The molecular weight excluding hydrogens is 246 g/mol. The van der Waals surface area contributed by atoms with E-state index in [0.717, 1.165) is 6.42 Å². The predicted molar refractivity (Wildman–Crippen MR) is 65.4 cm³/mol. The van der Waals surface area contributed by atoms with Crippen LogP contribution in [0.1, 0.15) is 20.3 Å². The molecule has 0 radical (unpaired) electrons. The van der Waals surface area contributed by atoms with Gasteiger partial charge in [0.25, 0.3) is 10.1 Å². The molecule has 17 heavy (non-hydrogen) atoms. The van der Waals surface area contributed by atoms with E-state index in [2.05, 4.69) is 13.8 Å². The van der Waals surface area contributed by atoms with Gasteiger partial charge in [-0.05, 0) is 18.9 Å². The van der Waals surface area contributed by atoms with Gasteiger partial charge in [-0.25, -0.2) is 0 Å². The highest BCUT2D eigenvalue weighted by Gasteiger charge is 2.17. The van der Waals surface area contributed by atoms with Crippen LogP contribution in [0.15, 0.2) is 0 Å². The normalized spacial score (nSPS) is 14.5. The minimum absolute atomic E-state index is 0.0450. The zero-order chi connectivity index (χ0) is 13.5. The molecule has 0 aromatic carbocycles. The molecule has 0 heterocycles. The first kappa shape index (κ1) is 16.8. The fourth-order valence-corrected chi connectivity index (χ4v) is 2.06. The zero-order valence-electron chi connectivity index (χ0n) is 10.4. The van der Waals surface area contributed by atoms with Crippen molar-refractivity contribution in [1.29, 1.82) is 0 Å². The number of rotatable bonds is 9. The quantitative estimate of drug-likeness (QED) is 0.492. The van der Waals surface area contributed by atoms with Crippen molar-refractivity contribution >= 4 is 10.1 Å². The van der Waals surface area contributed by atoms with Crippen molar-refractivity contribution in [2.24, 2.45) is 5.92 Å². The van der Waals surface area contributed by atoms with Gasteiger partial charge in [0.05, 0.1) is 12.7 Å². The summed E-state index contributed by atoms with van der Waals surface area (Å²) in [5.41, 5.74) is 0. The van der Waals surface area contributed by atoms with Crippen LogP contribution in [-0.2, 0) is 10.1 Å². The molecule has 0 aliphatic rings. The van der Waals surface area contributed by atoms with Crippen molar-refractivity contribution in [1.82, 2.24) is 4.90 Å². The molecule has 0 saturated carbocycles. The third-order valence-corrected chi connectivity index (χ3v) is 3.12. The van der Waals surface area contributed by atoms with Crippen LogP contribution in [0.25, 0.3) is 0 Å². The highest BCUT2D eigenvalue weighted by molar-refractivity contribution is 7.85.